The van der Waals surface area contributed by atoms with Crippen LogP contribution in [0.5, 0.6) is 0 Å². The van der Waals surface area contributed by atoms with E-state index in [1.807, 2.05) is 6.92 Å². The Morgan fingerprint density at radius 1 is 1.30 bits per heavy atom. The highest BCUT2D eigenvalue weighted by Crippen LogP contribution is 2.25. The van der Waals surface area contributed by atoms with Crippen molar-refractivity contribution in [3.63, 3.8) is 0 Å². The van der Waals surface area contributed by atoms with Crippen LogP contribution in [0.2, 0.25) is 0 Å². The second-order valence-electron chi connectivity index (χ2n) is 7.56. The van der Waals surface area contributed by atoms with E-state index in [9.17, 15) is 5.11 Å². The molecule has 1 heterocycles. The fourth-order valence-corrected chi connectivity index (χ4v) is 2.73. The van der Waals surface area contributed by atoms with Gasteiger partial charge in [0, 0.05) is 13.1 Å². The Morgan fingerprint density at radius 2 is 2.00 bits per heavy atom. The molecule has 1 aromatic rings. The van der Waals surface area contributed by atoms with E-state index in [1.54, 1.807) is 25.3 Å². The van der Waals surface area contributed by atoms with Gasteiger partial charge in [0.2, 0.25) is 0 Å². The molecule has 0 saturated carbocycles. The highest BCUT2D eigenvalue weighted by molar-refractivity contribution is 5.79. The smallest absolute Gasteiger partial charge is 0.191 e. The summed E-state index contributed by atoms with van der Waals surface area (Å²) in [4.78, 5) is 4.68. The lowest BCUT2D eigenvalue weighted by Gasteiger charge is -2.26. The summed E-state index contributed by atoms with van der Waals surface area (Å²) in [5, 5.41) is 16.9. The first kappa shape index (κ1) is 19.6. The zero-order valence-electron chi connectivity index (χ0n) is 15.4. The third kappa shape index (κ3) is 7.08. The largest absolute Gasteiger partial charge is 0.466 e. The van der Waals surface area contributed by atoms with Crippen molar-refractivity contribution in [2.24, 2.45) is 16.3 Å². The van der Waals surface area contributed by atoms with E-state index in [0.29, 0.717) is 18.2 Å². The van der Waals surface area contributed by atoms with Gasteiger partial charge in [0.25, 0.3) is 0 Å². The number of hydrogen-bond acceptors (Lipinski definition) is 3. The molecule has 0 aromatic carbocycles. The van der Waals surface area contributed by atoms with Crippen LogP contribution in [0.1, 0.15) is 53.7 Å². The highest BCUT2D eigenvalue weighted by atomic mass is 16.4. The lowest BCUT2D eigenvalue weighted by Crippen LogP contribution is -2.44. The summed E-state index contributed by atoms with van der Waals surface area (Å²) in [6.45, 7) is 14.5. The van der Waals surface area contributed by atoms with E-state index in [1.165, 1.54) is 0 Å². The minimum Gasteiger partial charge on any atom is -0.466 e. The molecule has 23 heavy (non-hydrogen) atoms. The Balaban J connectivity index is 2.66. The number of rotatable bonds is 8. The van der Waals surface area contributed by atoms with Gasteiger partial charge in [-0.2, -0.15) is 0 Å². The Kier molecular flexibility index (Phi) is 7.13. The van der Waals surface area contributed by atoms with Crippen LogP contribution in [0, 0.1) is 11.3 Å². The van der Waals surface area contributed by atoms with E-state index >= 15 is 0 Å². The van der Waals surface area contributed by atoms with Gasteiger partial charge in [-0.15, -0.1) is 0 Å². The lowest BCUT2D eigenvalue weighted by atomic mass is 9.84. The summed E-state index contributed by atoms with van der Waals surface area (Å²) in [5.74, 6) is 1.91. The van der Waals surface area contributed by atoms with Crippen LogP contribution < -0.4 is 10.6 Å². The molecule has 0 spiro atoms. The highest BCUT2D eigenvalue weighted by Gasteiger charge is 2.26. The van der Waals surface area contributed by atoms with Gasteiger partial charge < -0.3 is 20.2 Å². The van der Waals surface area contributed by atoms with Crippen molar-refractivity contribution in [1.82, 2.24) is 10.6 Å². The van der Waals surface area contributed by atoms with Crippen LogP contribution >= 0.6 is 0 Å². The van der Waals surface area contributed by atoms with Gasteiger partial charge in [0.15, 0.2) is 5.96 Å². The second-order valence-corrected chi connectivity index (χ2v) is 7.56. The quantitative estimate of drug-likeness (QED) is 0.508. The normalized spacial score (nSPS) is 15.6. The Morgan fingerprint density at radius 3 is 2.52 bits per heavy atom. The molecule has 1 unspecified atom stereocenters. The molecular weight excluding hydrogens is 290 g/mol. The van der Waals surface area contributed by atoms with Gasteiger partial charge in [0.05, 0.1) is 12.8 Å². The van der Waals surface area contributed by atoms with Crippen LogP contribution in [0.3, 0.4) is 0 Å². The maximum Gasteiger partial charge on any atom is 0.191 e. The van der Waals surface area contributed by atoms with Crippen molar-refractivity contribution in [3.05, 3.63) is 24.2 Å². The summed E-state index contributed by atoms with van der Waals surface area (Å²) >= 11 is 0. The van der Waals surface area contributed by atoms with E-state index in [0.717, 1.165) is 25.5 Å². The number of nitrogens with zero attached hydrogens (tertiary/aromatic N) is 1. The summed E-state index contributed by atoms with van der Waals surface area (Å²) in [6, 6.07) is 3.55. The van der Waals surface area contributed by atoms with E-state index in [2.05, 4.69) is 43.3 Å². The van der Waals surface area contributed by atoms with E-state index in [4.69, 9.17) is 4.42 Å². The molecule has 0 aliphatic rings. The molecule has 0 amide bonds. The molecule has 1 rings (SSSR count). The monoisotopic (exact) mass is 323 g/mol. The SMILES string of the molecule is CCNC(=NCC(C)(C)CC(C)C)NCC(C)(O)c1ccco1. The van der Waals surface area contributed by atoms with Crippen LogP contribution in [0.15, 0.2) is 27.8 Å². The molecule has 132 valence electrons. The maximum atomic E-state index is 10.5. The van der Waals surface area contributed by atoms with Crippen molar-refractivity contribution in [3.8, 4) is 0 Å². The fourth-order valence-electron chi connectivity index (χ4n) is 2.73. The number of guanidine groups is 1. The number of aliphatic hydroxyl groups is 1. The van der Waals surface area contributed by atoms with Crippen LogP contribution in [-0.2, 0) is 5.60 Å². The van der Waals surface area contributed by atoms with Crippen molar-refractivity contribution in [2.45, 2.75) is 53.6 Å². The van der Waals surface area contributed by atoms with Gasteiger partial charge >= 0.3 is 0 Å². The Labute approximate surface area is 140 Å². The van der Waals surface area contributed by atoms with E-state index in [-0.39, 0.29) is 5.41 Å². The van der Waals surface area contributed by atoms with Crippen molar-refractivity contribution < 1.29 is 9.52 Å². The topological polar surface area (TPSA) is 69.8 Å². The number of furan rings is 1. The predicted molar refractivity (Wildman–Crippen MR) is 95.5 cm³/mol. The first-order valence-electron chi connectivity index (χ1n) is 8.45. The van der Waals surface area contributed by atoms with Crippen LogP contribution in [0.4, 0.5) is 0 Å². The molecular formula is C18H33N3O2. The van der Waals surface area contributed by atoms with Gasteiger partial charge in [-0.3, -0.25) is 4.99 Å². The average molecular weight is 323 g/mol. The van der Waals surface area contributed by atoms with Crippen molar-refractivity contribution >= 4 is 5.96 Å². The first-order chi connectivity index (χ1) is 10.7. The number of nitrogens with one attached hydrogen (secondary N) is 2. The molecule has 5 nitrogen and oxygen atoms in total. The van der Waals surface area contributed by atoms with Crippen LogP contribution in [0.25, 0.3) is 0 Å². The second kappa shape index (κ2) is 8.39. The van der Waals surface area contributed by atoms with E-state index < -0.39 is 5.60 Å². The fraction of sp³-hybridized carbons (Fsp3) is 0.722. The summed E-state index contributed by atoms with van der Waals surface area (Å²) in [7, 11) is 0. The predicted octanol–water partition coefficient (Wildman–Crippen LogP) is 3.11. The summed E-state index contributed by atoms with van der Waals surface area (Å²) in [5.41, 5.74) is -0.923. The van der Waals surface area contributed by atoms with Gasteiger partial charge in [-0.1, -0.05) is 27.7 Å². The molecule has 3 N–H and O–H groups in total. The molecule has 0 radical (unpaired) electrons. The van der Waals surface area contributed by atoms with Crippen molar-refractivity contribution in [2.75, 3.05) is 19.6 Å². The molecule has 5 heteroatoms. The zero-order chi connectivity index (χ0) is 17.5. The number of aliphatic imine (C=N–C) groups is 1. The molecule has 1 aromatic heterocycles. The zero-order valence-corrected chi connectivity index (χ0v) is 15.4. The molecule has 1 atom stereocenters. The number of hydrogen-bond donors (Lipinski definition) is 3. The Hall–Kier alpha value is -1.49. The summed E-state index contributed by atoms with van der Waals surface area (Å²) < 4.78 is 5.30. The summed E-state index contributed by atoms with van der Waals surface area (Å²) in [6.07, 6.45) is 2.69. The molecule has 0 aliphatic heterocycles. The standard InChI is InChI=1S/C18H33N3O2/c1-7-19-16(20-12-17(4,5)11-14(2)3)21-13-18(6,22)15-9-8-10-23-15/h8-10,14,22H,7,11-13H2,1-6H3,(H2,19,20,21). The van der Waals surface area contributed by atoms with Crippen LogP contribution in [-0.4, -0.2) is 30.7 Å². The maximum absolute atomic E-state index is 10.5. The van der Waals surface area contributed by atoms with Crippen molar-refractivity contribution in [1.29, 1.82) is 0 Å². The third-order valence-corrected chi connectivity index (χ3v) is 3.62. The molecule has 0 aliphatic carbocycles. The lowest BCUT2D eigenvalue weighted by molar-refractivity contribution is 0.0385. The molecule has 0 bridgehead atoms. The minimum atomic E-state index is -1.08. The minimum absolute atomic E-state index is 0.153. The third-order valence-electron chi connectivity index (χ3n) is 3.62. The van der Waals surface area contributed by atoms with Gasteiger partial charge in [0.1, 0.15) is 11.4 Å². The van der Waals surface area contributed by atoms with Gasteiger partial charge in [-0.05, 0) is 43.7 Å². The average Bonchev–Trinajstić information content (AvgIpc) is 2.95. The molecule has 0 saturated heterocycles. The van der Waals surface area contributed by atoms with Gasteiger partial charge in [-0.25, -0.2) is 0 Å². The molecule has 0 fully saturated rings. The first-order valence-corrected chi connectivity index (χ1v) is 8.45. The Bertz CT molecular complexity index is 476.